The number of carbonyl (C=O) groups excluding carboxylic acids is 2. The largest absolute Gasteiger partial charge is 0.491 e. The molecule has 1 aromatic heterocycles. The number of hydrogen-bond donors (Lipinski definition) is 2. The van der Waals surface area contributed by atoms with E-state index in [9.17, 15) is 14.0 Å². The number of aromatic nitrogens is 2. The number of anilines is 1. The molecule has 1 saturated heterocycles. The number of nitrogen functional groups attached to an aromatic ring is 1. The Balaban J connectivity index is 1.59. The highest BCUT2D eigenvalue weighted by molar-refractivity contribution is 6.04. The number of nitrogens with one attached hydrogen (secondary N) is 1. The van der Waals surface area contributed by atoms with E-state index in [2.05, 4.69) is 17.0 Å². The van der Waals surface area contributed by atoms with E-state index in [-0.39, 0.29) is 40.4 Å². The third-order valence-electron chi connectivity index (χ3n) is 6.29. The van der Waals surface area contributed by atoms with E-state index in [0.29, 0.717) is 31.0 Å². The minimum atomic E-state index is -0.518. The second-order valence-corrected chi connectivity index (χ2v) is 8.59. The maximum atomic E-state index is 14.6. The Labute approximate surface area is 186 Å². The minimum absolute atomic E-state index is 0.0187. The van der Waals surface area contributed by atoms with Crippen molar-refractivity contribution in [2.24, 2.45) is 5.41 Å². The minimum Gasteiger partial charge on any atom is -0.491 e. The summed E-state index contributed by atoms with van der Waals surface area (Å²) in [6.45, 7) is 7.27. The highest BCUT2D eigenvalue weighted by Gasteiger charge is 2.54. The zero-order chi connectivity index (χ0) is 23.0. The molecular formula is C23H28FN5O3. The molecule has 1 spiro atoms. The van der Waals surface area contributed by atoms with Gasteiger partial charge in [0.2, 0.25) is 5.91 Å². The average Bonchev–Trinajstić information content (AvgIpc) is 3.07. The van der Waals surface area contributed by atoms with E-state index in [1.807, 2.05) is 6.92 Å². The van der Waals surface area contributed by atoms with E-state index in [1.165, 1.54) is 19.2 Å². The molecule has 2 amide bonds. The summed E-state index contributed by atoms with van der Waals surface area (Å²) < 4.78 is 21.6. The maximum Gasteiger partial charge on any atom is 0.257 e. The zero-order valence-corrected chi connectivity index (χ0v) is 18.4. The summed E-state index contributed by atoms with van der Waals surface area (Å²) >= 11 is 0. The second-order valence-electron chi connectivity index (χ2n) is 8.59. The molecular weight excluding hydrogens is 413 g/mol. The average molecular weight is 442 g/mol. The summed E-state index contributed by atoms with van der Waals surface area (Å²) in [6, 6.07) is 4.56. The summed E-state index contributed by atoms with van der Waals surface area (Å²) in [6.07, 6.45) is 3.72. The van der Waals surface area contributed by atoms with Gasteiger partial charge in [0.1, 0.15) is 17.1 Å². The lowest BCUT2D eigenvalue weighted by Crippen LogP contribution is -2.63. The van der Waals surface area contributed by atoms with Crippen LogP contribution in [-0.4, -0.2) is 53.2 Å². The fourth-order valence-electron chi connectivity index (χ4n) is 4.67. The molecule has 2 aromatic rings. The third kappa shape index (κ3) is 3.61. The Kier molecular flexibility index (Phi) is 5.66. The number of amides is 2. The molecule has 32 heavy (non-hydrogen) atoms. The number of benzene rings is 1. The molecule has 9 heteroatoms. The lowest BCUT2D eigenvalue weighted by Gasteiger charge is -2.58. The molecule has 3 N–H and O–H groups in total. The van der Waals surface area contributed by atoms with Gasteiger partial charge >= 0.3 is 0 Å². The van der Waals surface area contributed by atoms with Crippen LogP contribution in [0.25, 0.3) is 11.3 Å². The van der Waals surface area contributed by atoms with E-state index in [4.69, 9.17) is 10.5 Å². The molecule has 2 fully saturated rings. The molecule has 4 rings (SSSR count). The third-order valence-corrected chi connectivity index (χ3v) is 6.29. The number of nitrogens with two attached hydrogens (primary N) is 1. The normalized spacial score (nSPS) is 16.9. The standard InChI is InChI=1S/C23H28FN5O3/c1-4-8-32-17-7-6-14(9-16(17)24)20-19(22(31)26-3)21(25)29(27-20)15-10-23(11-15)12-28(13-23)18(30)5-2/h5-7,9,15H,2,4,8,10-13,25H2,1,3H3,(H,26,31). The predicted octanol–water partition coefficient (Wildman–Crippen LogP) is 2.77. The summed E-state index contributed by atoms with van der Waals surface area (Å²) in [5.74, 6) is -0.541. The van der Waals surface area contributed by atoms with Gasteiger partial charge in [-0.1, -0.05) is 13.5 Å². The van der Waals surface area contributed by atoms with Crippen molar-refractivity contribution in [1.29, 1.82) is 0 Å². The van der Waals surface area contributed by atoms with Crippen LogP contribution in [-0.2, 0) is 4.79 Å². The SMILES string of the molecule is C=CC(=O)N1CC2(CC(n3nc(-c4ccc(OCCC)c(F)c4)c(C(=O)NC)c3N)C2)C1. The van der Waals surface area contributed by atoms with Crippen molar-refractivity contribution in [2.75, 3.05) is 32.5 Å². The molecule has 0 bridgehead atoms. The smallest absolute Gasteiger partial charge is 0.257 e. The van der Waals surface area contributed by atoms with Gasteiger partial charge < -0.3 is 20.7 Å². The van der Waals surface area contributed by atoms with E-state index < -0.39 is 5.82 Å². The summed E-state index contributed by atoms with van der Waals surface area (Å²) in [4.78, 5) is 26.1. The van der Waals surface area contributed by atoms with Crippen molar-refractivity contribution in [3.05, 3.63) is 42.2 Å². The first-order valence-corrected chi connectivity index (χ1v) is 10.8. The van der Waals surface area contributed by atoms with Crippen LogP contribution < -0.4 is 15.8 Å². The van der Waals surface area contributed by atoms with E-state index in [0.717, 1.165) is 19.3 Å². The number of hydrogen-bond acceptors (Lipinski definition) is 5. The molecule has 2 aliphatic rings. The fourth-order valence-corrected chi connectivity index (χ4v) is 4.67. The van der Waals surface area contributed by atoms with Gasteiger partial charge in [0.15, 0.2) is 11.6 Å². The molecule has 8 nitrogen and oxygen atoms in total. The molecule has 1 saturated carbocycles. The van der Waals surface area contributed by atoms with Crippen LogP contribution in [0.3, 0.4) is 0 Å². The molecule has 1 aliphatic carbocycles. The van der Waals surface area contributed by atoms with Crippen LogP contribution >= 0.6 is 0 Å². The van der Waals surface area contributed by atoms with Crippen LogP contribution in [0.15, 0.2) is 30.9 Å². The maximum absolute atomic E-state index is 14.6. The van der Waals surface area contributed by atoms with Gasteiger partial charge in [-0.15, -0.1) is 0 Å². The van der Waals surface area contributed by atoms with E-state index >= 15 is 0 Å². The van der Waals surface area contributed by atoms with Crippen molar-refractivity contribution >= 4 is 17.6 Å². The lowest BCUT2D eigenvalue weighted by molar-refractivity contribution is -0.148. The topological polar surface area (TPSA) is 102 Å². The van der Waals surface area contributed by atoms with Crippen molar-refractivity contribution in [3.8, 4) is 17.0 Å². The highest BCUT2D eigenvalue weighted by atomic mass is 19.1. The molecule has 0 atom stereocenters. The van der Waals surface area contributed by atoms with Crippen molar-refractivity contribution in [3.63, 3.8) is 0 Å². The van der Waals surface area contributed by atoms with Crippen LogP contribution in [0.2, 0.25) is 0 Å². The van der Waals surface area contributed by atoms with Crippen molar-refractivity contribution in [2.45, 2.75) is 32.2 Å². The van der Waals surface area contributed by atoms with Gasteiger partial charge in [0.25, 0.3) is 5.91 Å². The number of rotatable bonds is 7. The van der Waals surface area contributed by atoms with Gasteiger partial charge in [-0.3, -0.25) is 9.59 Å². The van der Waals surface area contributed by atoms with Crippen LogP contribution in [0.4, 0.5) is 10.2 Å². The van der Waals surface area contributed by atoms with Crippen molar-refractivity contribution in [1.82, 2.24) is 20.0 Å². The quantitative estimate of drug-likeness (QED) is 0.644. The van der Waals surface area contributed by atoms with Crippen LogP contribution in [0.1, 0.15) is 42.6 Å². The van der Waals surface area contributed by atoms with Gasteiger partial charge in [-0.05, 0) is 43.5 Å². The first-order chi connectivity index (χ1) is 15.3. The number of halogens is 1. The molecule has 2 heterocycles. The van der Waals surface area contributed by atoms with Gasteiger partial charge in [0.05, 0.1) is 12.6 Å². The lowest BCUT2D eigenvalue weighted by atomic mass is 9.60. The van der Waals surface area contributed by atoms with Crippen molar-refractivity contribution < 1.29 is 18.7 Å². The first-order valence-electron chi connectivity index (χ1n) is 10.8. The number of likely N-dealkylation sites (tertiary alicyclic amines) is 1. The zero-order valence-electron chi connectivity index (χ0n) is 18.4. The van der Waals surface area contributed by atoms with Gasteiger partial charge in [0, 0.05) is 31.1 Å². The molecule has 0 radical (unpaired) electrons. The summed E-state index contributed by atoms with van der Waals surface area (Å²) in [5.41, 5.74) is 7.44. The number of carbonyl (C=O) groups is 2. The molecule has 1 aliphatic heterocycles. The number of nitrogens with zero attached hydrogens (tertiary/aromatic N) is 3. The fraction of sp³-hybridized carbons (Fsp3) is 0.435. The van der Waals surface area contributed by atoms with Crippen LogP contribution in [0, 0.1) is 11.2 Å². The molecule has 1 aromatic carbocycles. The Morgan fingerprint density at radius 2 is 2.12 bits per heavy atom. The highest BCUT2D eigenvalue weighted by Crippen LogP contribution is 2.55. The molecule has 0 unspecified atom stereocenters. The first kappa shape index (κ1) is 21.9. The van der Waals surface area contributed by atoms with E-state index in [1.54, 1.807) is 21.7 Å². The Hall–Kier alpha value is -3.36. The Morgan fingerprint density at radius 1 is 1.41 bits per heavy atom. The number of ether oxygens (including phenoxy) is 1. The predicted molar refractivity (Wildman–Crippen MR) is 119 cm³/mol. The Bertz CT molecular complexity index is 1070. The van der Waals surface area contributed by atoms with Gasteiger partial charge in [-0.25, -0.2) is 9.07 Å². The monoisotopic (exact) mass is 441 g/mol. The Morgan fingerprint density at radius 3 is 2.72 bits per heavy atom. The van der Waals surface area contributed by atoms with Crippen LogP contribution in [0.5, 0.6) is 5.75 Å². The second kappa shape index (κ2) is 8.29. The molecule has 170 valence electrons. The summed E-state index contributed by atoms with van der Waals surface area (Å²) in [5, 5.41) is 7.22. The van der Waals surface area contributed by atoms with Gasteiger partial charge in [-0.2, -0.15) is 5.10 Å². The summed E-state index contributed by atoms with van der Waals surface area (Å²) in [7, 11) is 1.52.